The second-order valence-corrected chi connectivity index (χ2v) is 6.84. The zero-order chi connectivity index (χ0) is 14.1. The third-order valence-electron chi connectivity index (χ3n) is 3.20. The topological polar surface area (TPSA) is 17.8 Å². The van der Waals surface area contributed by atoms with Gasteiger partial charge in [0.25, 0.3) is 0 Å². The zero-order valence-electron chi connectivity index (χ0n) is 10.5. The molecule has 2 aromatic carbocycles. The predicted molar refractivity (Wildman–Crippen MR) is 95.3 cm³/mol. The second-order valence-electron chi connectivity index (χ2n) is 4.47. The molecule has 0 amide bonds. The molecule has 1 aromatic heterocycles. The van der Waals surface area contributed by atoms with Crippen LogP contribution in [0, 0.1) is 3.57 Å². The highest BCUT2D eigenvalue weighted by molar-refractivity contribution is 14.1. The molecule has 102 valence electrons. The molecule has 0 aliphatic heterocycles. The van der Waals surface area contributed by atoms with E-state index < -0.39 is 0 Å². The number of rotatable bonds is 3. The Morgan fingerprint density at radius 2 is 2.00 bits per heavy atom. The smallest absolute Gasteiger partial charge is 0.125 e. The van der Waals surface area contributed by atoms with Gasteiger partial charge in [0, 0.05) is 8.04 Å². The van der Waals surface area contributed by atoms with E-state index in [4.69, 9.17) is 11.6 Å². The third-order valence-corrected chi connectivity index (χ3v) is 4.88. The van der Waals surface area contributed by atoms with E-state index in [-0.39, 0.29) is 0 Å². The first-order valence-electron chi connectivity index (χ1n) is 6.13. The van der Waals surface area contributed by atoms with Crippen LogP contribution in [0.4, 0.5) is 0 Å². The van der Waals surface area contributed by atoms with Gasteiger partial charge in [0.1, 0.15) is 5.82 Å². The SMILES string of the molecule is ClCc1nc2cc(I)ccc2n1Cc1ccccc1Br. The maximum atomic E-state index is 6.05. The first-order chi connectivity index (χ1) is 9.69. The van der Waals surface area contributed by atoms with Gasteiger partial charge in [-0.25, -0.2) is 4.98 Å². The molecule has 5 heteroatoms. The van der Waals surface area contributed by atoms with E-state index >= 15 is 0 Å². The van der Waals surface area contributed by atoms with Crippen LogP contribution < -0.4 is 0 Å². The molecule has 0 fully saturated rings. The van der Waals surface area contributed by atoms with Crippen molar-refractivity contribution in [3.05, 3.63) is 61.9 Å². The Balaban J connectivity index is 2.12. The number of imidazole rings is 1. The monoisotopic (exact) mass is 460 g/mol. The van der Waals surface area contributed by atoms with Crippen LogP contribution in [0.2, 0.25) is 0 Å². The van der Waals surface area contributed by atoms with Crippen molar-refractivity contribution in [2.24, 2.45) is 0 Å². The number of hydrogen-bond acceptors (Lipinski definition) is 1. The van der Waals surface area contributed by atoms with Gasteiger partial charge < -0.3 is 4.57 Å². The lowest BCUT2D eigenvalue weighted by atomic mass is 10.2. The lowest BCUT2D eigenvalue weighted by Gasteiger charge is -2.09. The molecule has 0 spiro atoms. The summed E-state index contributed by atoms with van der Waals surface area (Å²) in [6.45, 7) is 0.764. The standard InChI is InChI=1S/C15H11BrClIN2/c16-12-4-2-1-3-10(12)9-20-14-6-5-11(18)7-13(14)19-15(20)8-17/h1-7H,8-9H2. The largest absolute Gasteiger partial charge is 0.322 e. The third kappa shape index (κ3) is 2.73. The molecule has 0 aliphatic carbocycles. The Kier molecular flexibility index (Phi) is 4.33. The van der Waals surface area contributed by atoms with Crippen LogP contribution in [-0.4, -0.2) is 9.55 Å². The summed E-state index contributed by atoms with van der Waals surface area (Å²) >= 11 is 11.9. The number of nitrogens with zero attached hydrogens (tertiary/aromatic N) is 2. The summed E-state index contributed by atoms with van der Waals surface area (Å²) in [7, 11) is 0. The molecular weight excluding hydrogens is 450 g/mol. The number of halogens is 3. The van der Waals surface area contributed by atoms with Crippen molar-refractivity contribution in [2.75, 3.05) is 0 Å². The van der Waals surface area contributed by atoms with Crippen molar-refractivity contribution in [1.82, 2.24) is 9.55 Å². The highest BCUT2D eigenvalue weighted by Crippen LogP contribution is 2.24. The van der Waals surface area contributed by atoms with Crippen LogP contribution in [0.1, 0.15) is 11.4 Å². The van der Waals surface area contributed by atoms with E-state index in [1.165, 1.54) is 9.13 Å². The Morgan fingerprint density at radius 3 is 2.75 bits per heavy atom. The Hall–Kier alpha value is -0.590. The average molecular weight is 462 g/mol. The van der Waals surface area contributed by atoms with Crippen LogP contribution in [0.25, 0.3) is 11.0 Å². The van der Waals surface area contributed by atoms with Gasteiger partial charge in [-0.2, -0.15) is 0 Å². The van der Waals surface area contributed by atoms with Crippen LogP contribution in [0.15, 0.2) is 46.9 Å². The zero-order valence-corrected chi connectivity index (χ0v) is 15.0. The van der Waals surface area contributed by atoms with Crippen molar-refractivity contribution in [3.63, 3.8) is 0 Å². The number of benzene rings is 2. The first-order valence-corrected chi connectivity index (χ1v) is 8.53. The predicted octanol–water partition coefficient (Wildman–Crippen LogP) is 5.19. The van der Waals surface area contributed by atoms with Crippen LogP contribution in [0.5, 0.6) is 0 Å². The maximum Gasteiger partial charge on any atom is 0.125 e. The van der Waals surface area contributed by atoms with E-state index in [9.17, 15) is 0 Å². The second kappa shape index (κ2) is 6.03. The molecule has 0 radical (unpaired) electrons. The minimum Gasteiger partial charge on any atom is -0.322 e. The van der Waals surface area contributed by atoms with Crippen LogP contribution in [-0.2, 0) is 12.4 Å². The first kappa shape index (κ1) is 14.4. The van der Waals surface area contributed by atoms with Gasteiger partial charge >= 0.3 is 0 Å². The van der Waals surface area contributed by atoms with Crippen LogP contribution in [0.3, 0.4) is 0 Å². The number of fused-ring (bicyclic) bond motifs is 1. The summed E-state index contributed by atoms with van der Waals surface area (Å²) in [6, 6.07) is 14.5. The molecule has 0 saturated heterocycles. The van der Waals surface area contributed by atoms with E-state index in [1.54, 1.807) is 0 Å². The normalized spacial score (nSPS) is 11.2. The lowest BCUT2D eigenvalue weighted by molar-refractivity contribution is 0.776. The molecule has 0 saturated carbocycles. The van der Waals surface area contributed by atoms with E-state index in [1.807, 2.05) is 12.1 Å². The van der Waals surface area contributed by atoms with Gasteiger partial charge in [-0.05, 0) is 52.4 Å². The van der Waals surface area contributed by atoms with Crippen molar-refractivity contribution in [3.8, 4) is 0 Å². The summed E-state index contributed by atoms with van der Waals surface area (Å²) < 4.78 is 4.47. The molecule has 3 rings (SSSR count). The molecule has 0 atom stereocenters. The van der Waals surface area contributed by atoms with Crippen LogP contribution >= 0.6 is 50.1 Å². The van der Waals surface area contributed by atoms with Crippen molar-refractivity contribution in [1.29, 1.82) is 0 Å². The summed E-state index contributed by atoms with van der Waals surface area (Å²) in [5.41, 5.74) is 3.34. The van der Waals surface area contributed by atoms with E-state index in [0.717, 1.165) is 27.9 Å². The Bertz CT molecular complexity index is 770. The molecule has 0 N–H and O–H groups in total. The van der Waals surface area contributed by atoms with Gasteiger partial charge in [0.05, 0.1) is 23.5 Å². The Morgan fingerprint density at radius 1 is 1.20 bits per heavy atom. The van der Waals surface area contributed by atoms with Gasteiger partial charge in [-0.1, -0.05) is 34.1 Å². The maximum absolute atomic E-state index is 6.05. The fraction of sp³-hybridized carbons (Fsp3) is 0.133. The van der Waals surface area contributed by atoms with E-state index in [2.05, 4.69) is 78.4 Å². The Labute approximate surface area is 144 Å². The highest BCUT2D eigenvalue weighted by Gasteiger charge is 2.11. The van der Waals surface area contributed by atoms with Gasteiger partial charge in [0.15, 0.2) is 0 Å². The molecular formula is C15H11BrClIN2. The highest BCUT2D eigenvalue weighted by atomic mass is 127. The van der Waals surface area contributed by atoms with Gasteiger partial charge in [0.2, 0.25) is 0 Å². The quantitative estimate of drug-likeness (QED) is 0.388. The minimum atomic E-state index is 0.412. The van der Waals surface area contributed by atoms with Crippen molar-refractivity contribution in [2.45, 2.75) is 12.4 Å². The lowest BCUT2D eigenvalue weighted by Crippen LogP contribution is -2.04. The molecule has 0 bridgehead atoms. The molecule has 0 aliphatic rings. The van der Waals surface area contributed by atoms with E-state index in [0.29, 0.717) is 5.88 Å². The molecule has 1 heterocycles. The summed E-state index contributed by atoms with van der Waals surface area (Å²) in [4.78, 5) is 4.63. The molecule has 3 aromatic rings. The van der Waals surface area contributed by atoms with Gasteiger partial charge in [-0.15, -0.1) is 11.6 Å². The number of alkyl halides is 1. The van der Waals surface area contributed by atoms with Gasteiger partial charge in [-0.3, -0.25) is 0 Å². The minimum absolute atomic E-state index is 0.412. The summed E-state index contributed by atoms with van der Waals surface area (Å²) in [5, 5.41) is 0. The summed E-state index contributed by atoms with van der Waals surface area (Å²) in [5.74, 6) is 1.31. The fourth-order valence-electron chi connectivity index (χ4n) is 2.23. The number of aromatic nitrogens is 2. The number of hydrogen-bond donors (Lipinski definition) is 0. The molecule has 0 unspecified atom stereocenters. The fourth-order valence-corrected chi connectivity index (χ4v) is 3.32. The van der Waals surface area contributed by atoms with Crippen molar-refractivity contribution >= 4 is 61.2 Å². The average Bonchev–Trinajstić information content (AvgIpc) is 2.78. The van der Waals surface area contributed by atoms with Crippen molar-refractivity contribution < 1.29 is 0 Å². The molecule has 2 nitrogen and oxygen atoms in total. The molecule has 20 heavy (non-hydrogen) atoms. The summed E-state index contributed by atoms with van der Waals surface area (Å²) in [6.07, 6.45) is 0.